The first kappa shape index (κ1) is 37.4. The molecule has 0 bridgehead atoms. The lowest BCUT2D eigenvalue weighted by atomic mass is 10.0. The van der Waals surface area contributed by atoms with E-state index in [-0.39, 0.29) is 11.1 Å². The number of benzene rings is 3. The fourth-order valence-corrected chi connectivity index (χ4v) is 4.38. The summed E-state index contributed by atoms with van der Waals surface area (Å²) in [4.78, 5) is 24.9. The van der Waals surface area contributed by atoms with Gasteiger partial charge in [-0.1, -0.05) is 69.7 Å². The molecule has 3 rings (SSSR count). The highest BCUT2D eigenvalue weighted by Gasteiger charge is 2.57. The number of unbranched alkanes of at least 4 members (excludes halogenated alkanes) is 6. The zero-order chi connectivity index (χ0) is 34.5. The molecule has 0 aliphatic carbocycles. The molecule has 0 heterocycles. The number of alkyl halides is 5. The molecule has 0 saturated carbocycles. The average Bonchev–Trinajstić information content (AvgIpc) is 3.03. The van der Waals surface area contributed by atoms with Crippen molar-refractivity contribution in [2.75, 3.05) is 19.8 Å². The Hall–Kier alpha value is -4.06. The van der Waals surface area contributed by atoms with Gasteiger partial charge >= 0.3 is 24.0 Å². The van der Waals surface area contributed by atoms with Gasteiger partial charge in [0.25, 0.3) is 0 Å². The predicted octanol–water partition coefficient (Wildman–Crippen LogP) is 9.60. The lowest BCUT2D eigenvalue weighted by Gasteiger charge is -2.20. The van der Waals surface area contributed by atoms with Crippen LogP contribution in [0, 0.1) is 5.82 Å². The van der Waals surface area contributed by atoms with Crippen LogP contribution in [-0.2, 0) is 9.47 Å². The number of hydrogen-bond acceptors (Lipinski definition) is 6. The maximum absolute atomic E-state index is 14.7. The second-order valence-electron chi connectivity index (χ2n) is 11.0. The maximum Gasteiger partial charge on any atom is 0.455 e. The van der Waals surface area contributed by atoms with Gasteiger partial charge in [0.2, 0.25) is 0 Å². The van der Waals surface area contributed by atoms with Crippen LogP contribution in [0.2, 0.25) is 0 Å². The zero-order valence-corrected chi connectivity index (χ0v) is 26.2. The molecule has 0 aliphatic heterocycles. The number of ether oxygens (including phenoxy) is 4. The summed E-state index contributed by atoms with van der Waals surface area (Å²) in [6.45, 7) is 1.36. The summed E-state index contributed by atoms with van der Waals surface area (Å²) in [5.74, 6) is -7.76. The molecule has 256 valence electrons. The van der Waals surface area contributed by atoms with Crippen LogP contribution in [0.25, 0.3) is 11.1 Å². The Morgan fingerprint density at radius 1 is 0.745 bits per heavy atom. The normalized spacial score (nSPS) is 12.4. The molecule has 3 aromatic rings. The van der Waals surface area contributed by atoms with Gasteiger partial charge in [-0.25, -0.2) is 14.0 Å². The minimum Gasteiger partial charge on any atom is -0.494 e. The van der Waals surface area contributed by atoms with E-state index in [9.17, 15) is 35.9 Å². The van der Waals surface area contributed by atoms with Gasteiger partial charge in [0.15, 0.2) is 11.6 Å². The number of hydrogen-bond donors (Lipinski definition) is 0. The van der Waals surface area contributed by atoms with Crippen LogP contribution in [0.15, 0.2) is 66.7 Å². The molecule has 0 saturated heterocycles. The lowest BCUT2D eigenvalue weighted by molar-refractivity contribution is -0.297. The number of halogens is 6. The first-order chi connectivity index (χ1) is 22.3. The summed E-state index contributed by atoms with van der Waals surface area (Å²) in [7, 11) is 0. The van der Waals surface area contributed by atoms with Crippen molar-refractivity contribution >= 4 is 11.9 Å². The number of carbonyl (C=O) groups excluding carboxylic acids is 2. The summed E-state index contributed by atoms with van der Waals surface area (Å²) in [6, 6.07) is 17.0. The van der Waals surface area contributed by atoms with E-state index in [4.69, 9.17) is 14.2 Å². The SMILES string of the molecule is CCCCCCCCCOc1ccc(-c2ccc(C(=O)Oc3ccc(C(=O)OC(C)COCC(F)(F)C(F)(F)F)cc3F)cc2)cc1. The van der Waals surface area contributed by atoms with E-state index in [0.717, 1.165) is 47.9 Å². The van der Waals surface area contributed by atoms with Crippen molar-refractivity contribution in [3.05, 3.63) is 83.7 Å². The lowest BCUT2D eigenvalue weighted by Crippen LogP contribution is -2.41. The highest BCUT2D eigenvalue weighted by Crippen LogP contribution is 2.35. The summed E-state index contributed by atoms with van der Waals surface area (Å²) < 4.78 is 97.4. The summed E-state index contributed by atoms with van der Waals surface area (Å²) in [5.41, 5.74) is 1.58. The van der Waals surface area contributed by atoms with E-state index < -0.39 is 54.9 Å². The molecule has 0 aromatic heterocycles. The van der Waals surface area contributed by atoms with Crippen LogP contribution in [0.1, 0.15) is 79.5 Å². The molecule has 0 amide bonds. The third-order valence-corrected chi connectivity index (χ3v) is 7.05. The fourth-order valence-electron chi connectivity index (χ4n) is 4.38. The predicted molar refractivity (Wildman–Crippen MR) is 163 cm³/mol. The molecule has 0 radical (unpaired) electrons. The van der Waals surface area contributed by atoms with Crippen molar-refractivity contribution in [1.29, 1.82) is 0 Å². The van der Waals surface area contributed by atoms with Crippen molar-refractivity contribution in [2.24, 2.45) is 0 Å². The maximum atomic E-state index is 14.7. The largest absolute Gasteiger partial charge is 0.494 e. The molecule has 12 heteroatoms. The van der Waals surface area contributed by atoms with Gasteiger partial charge in [-0.15, -0.1) is 0 Å². The van der Waals surface area contributed by atoms with Crippen molar-refractivity contribution in [2.45, 2.75) is 77.0 Å². The average molecular weight is 669 g/mol. The molecule has 1 unspecified atom stereocenters. The van der Waals surface area contributed by atoms with E-state index in [2.05, 4.69) is 11.7 Å². The minimum absolute atomic E-state index is 0.149. The highest BCUT2D eigenvalue weighted by atomic mass is 19.4. The molecule has 1 atom stereocenters. The fraction of sp³-hybridized carbons (Fsp3) is 0.429. The Balaban J connectivity index is 1.46. The van der Waals surface area contributed by atoms with Crippen LogP contribution < -0.4 is 9.47 Å². The van der Waals surface area contributed by atoms with Crippen molar-refractivity contribution in [3.63, 3.8) is 0 Å². The van der Waals surface area contributed by atoms with Gasteiger partial charge < -0.3 is 18.9 Å². The standard InChI is InChI=1S/C35H38F6O6/c1-3-4-5-6-7-8-9-20-45-29-17-14-26(15-18-29)25-10-12-27(13-11-25)32(42)47-31-19-16-28(21-30(31)36)33(43)46-24(2)22-44-23-34(37,38)35(39,40)41/h10-19,21,24H,3-9,20,22-23H2,1-2H3. The van der Waals surface area contributed by atoms with Gasteiger partial charge in [0.1, 0.15) is 18.5 Å². The zero-order valence-electron chi connectivity index (χ0n) is 26.2. The van der Waals surface area contributed by atoms with E-state index in [1.165, 1.54) is 51.2 Å². The minimum atomic E-state index is -5.78. The van der Waals surface area contributed by atoms with E-state index in [1.807, 2.05) is 24.3 Å². The molecular weight excluding hydrogens is 630 g/mol. The van der Waals surface area contributed by atoms with Crippen LogP contribution in [0.4, 0.5) is 26.3 Å². The number of carbonyl (C=O) groups is 2. The van der Waals surface area contributed by atoms with Crippen molar-refractivity contribution < 1.29 is 54.9 Å². The first-order valence-corrected chi connectivity index (χ1v) is 15.4. The Morgan fingerprint density at radius 3 is 1.91 bits per heavy atom. The molecule has 0 aliphatic rings. The van der Waals surface area contributed by atoms with Crippen molar-refractivity contribution in [1.82, 2.24) is 0 Å². The summed E-state index contributed by atoms with van der Waals surface area (Å²) in [5, 5.41) is 0. The van der Waals surface area contributed by atoms with Crippen LogP contribution in [-0.4, -0.2) is 50.0 Å². The Bertz CT molecular complexity index is 1420. The Morgan fingerprint density at radius 2 is 1.32 bits per heavy atom. The molecule has 0 fully saturated rings. The van der Waals surface area contributed by atoms with Gasteiger partial charge in [-0.05, 0) is 66.9 Å². The molecule has 3 aromatic carbocycles. The van der Waals surface area contributed by atoms with Crippen molar-refractivity contribution in [3.8, 4) is 22.6 Å². The Kier molecular flexibility index (Phi) is 14.1. The van der Waals surface area contributed by atoms with Gasteiger partial charge in [-0.3, -0.25) is 0 Å². The van der Waals surface area contributed by atoms with Gasteiger partial charge in [0.05, 0.1) is 24.3 Å². The van der Waals surface area contributed by atoms with Crippen LogP contribution in [0.5, 0.6) is 11.5 Å². The van der Waals surface area contributed by atoms with Gasteiger partial charge in [-0.2, -0.15) is 22.0 Å². The number of rotatable bonds is 18. The quantitative estimate of drug-likeness (QED) is 0.0582. The highest BCUT2D eigenvalue weighted by molar-refractivity contribution is 5.92. The molecule has 0 N–H and O–H groups in total. The number of esters is 2. The molecule has 0 spiro atoms. The Labute approximate surface area is 270 Å². The van der Waals surface area contributed by atoms with Crippen LogP contribution >= 0.6 is 0 Å². The first-order valence-electron chi connectivity index (χ1n) is 15.4. The molecule has 6 nitrogen and oxygen atoms in total. The van der Waals surface area contributed by atoms with E-state index in [1.54, 1.807) is 12.1 Å². The van der Waals surface area contributed by atoms with Gasteiger partial charge in [0, 0.05) is 0 Å². The molecular formula is C35H38F6O6. The molecule has 47 heavy (non-hydrogen) atoms. The summed E-state index contributed by atoms with van der Waals surface area (Å²) >= 11 is 0. The second kappa shape index (κ2) is 17.7. The van der Waals surface area contributed by atoms with Crippen LogP contribution in [0.3, 0.4) is 0 Å². The second-order valence-corrected chi connectivity index (χ2v) is 11.0. The van der Waals surface area contributed by atoms with E-state index in [0.29, 0.717) is 6.61 Å². The summed E-state index contributed by atoms with van der Waals surface area (Å²) in [6.07, 6.45) is 1.45. The monoisotopic (exact) mass is 668 g/mol. The smallest absolute Gasteiger partial charge is 0.455 e. The third-order valence-electron chi connectivity index (χ3n) is 7.05. The third kappa shape index (κ3) is 11.9. The van der Waals surface area contributed by atoms with E-state index >= 15 is 0 Å². The topological polar surface area (TPSA) is 71.1 Å².